The number of carbonyl (C=O) groups is 3. The summed E-state index contributed by atoms with van der Waals surface area (Å²) in [6.45, 7) is 2.89. The minimum absolute atomic E-state index is 0.0368. The molecule has 3 aromatic rings. The normalized spacial score (nSPS) is 19.4. The lowest BCUT2D eigenvalue weighted by molar-refractivity contribution is -0.143. The number of nitrogens with one attached hydrogen (secondary N) is 3. The Morgan fingerprint density at radius 1 is 1.30 bits per heavy atom. The Kier molecular flexibility index (Phi) is 7.40. The van der Waals surface area contributed by atoms with Crippen LogP contribution in [0.25, 0.3) is 11.2 Å². The maximum atomic E-state index is 12.5. The van der Waals surface area contributed by atoms with Crippen LogP contribution in [0.2, 0.25) is 0 Å². The molecule has 1 fully saturated rings. The maximum absolute atomic E-state index is 12.5. The molecule has 2 amide bonds. The van der Waals surface area contributed by atoms with Gasteiger partial charge in [0.2, 0.25) is 11.9 Å². The number of hydrogen-bond donors (Lipinski definition) is 3. The van der Waals surface area contributed by atoms with Gasteiger partial charge < -0.3 is 19.5 Å². The van der Waals surface area contributed by atoms with Crippen molar-refractivity contribution in [3.8, 4) is 0 Å². The molecule has 0 aliphatic carbocycles. The zero-order chi connectivity index (χ0) is 27.2. The van der Waals surface area contributed by atoms with Crippen molar-refractivity contribution in [2.45, 2.75) is 52.2 Å². The molecule has 0 bridgehead atoms. The molecule has 1 aromatic carbocycles. The monoisotopic (exact) mass is 513 g/mol. The molecule has 37 heavy (non-hydrogen) atoms. The number of benzene rings is 1. The first-order valence-corrected chi connectivity index (χ1v) is 11.6. The molecule has 1 aliphatic heterocycles. The number of aromatic amines is 1. The van der Waals surface area contributed by atoms with Crippen LogP contribution in [-0.2, 0) is 30.4 Å². The number of imidazole rings is 1. The quantitative estimate of drug-likeness (QED) is 0.381. The van der Waals surface area contributed by atoms with Crippen LogP contribution in [0.15, 0.2) is 41.5 Å². The van der Waals surface area contributed by atoms with E-state index in [0.29, 0.717) is 0 Å². The van der Waals surface area contributed by atoms with E-state index in [-0.39, 0.29) is 48.9 Å². The van der Waals surface area contributed by atoms with Gasteiger partial charge in [0.05, 0.1) is 12.4 Å². The van der Waals surface area contributed by atoms with Gasteiger partial charge in [0.25, 0.3) is 5.56 Å². The van der Waals surface area contributed by atoms with Crippen LogP contribution >= 0.6 is 0 Å². The summed E-state index contributed by atoms with van der Waals surface area (Å²) in [6, 6.07) is 9.11. The molecular weight excluding hydrogens is 484 g/mol. The lowest BCUT2D eigenvalue weighted by Crippen LogP contribution is -2.35. The van der Waals surface area contributed by atoms with Crippen molar-refractivity contribution in [2.75, 3.05) is 11.9 Å². The Morgan fingerprint density at radius 3 is 2.81 bits per heavy atom. The highest BCUT2D eigenvalue weighted by Gasteiger charge is 2.37. The van der Waals surface area contributed by atoms with Gasteiger partial charge in [-0.1, -0.05) is 44.2 Å². The van der Waals surface area contributed by atoms with E-state index < -0.39 is 42.6 Å². The number of esters is 1. The fourth-order valence-corrected chi connectivity index (χ4v) is 3.57. The first-order valence-electron chi connectivity index (χ1n) is 12.3. The van der Waals surface area contributed by atoms with Crippen molar-refractivity contribution in [2.24, 2.45) is 5.92 Å². The van der Waals surface area contributed by atoms with Crippen molar-refractivity contribution in [3.05, 3.63) is 52.6 Å². The van der Waals surface area contributed by atoms with Crippen LogP contribution in [0.1, 0.15) is 40.3 Å². The molecule has 3 heterocycles. The fraction of sp³-hybridized carbons (Fsp3) is 0.417. The molecule has 0 radical (unpaired) electrons. The Morgan fingerprint density at radius 2 is 2.08 bits per heavy atom. The zero-order valence-corrected chi connectivity index (χ0v) is 20.3. The van der Waals surface area contributed by atoms with Gasteiger partial charge >= 0.3 is 12.1 Å². The van der Waals surface area contributed by atoms with Crippen LogP contribution in [0.3, 0.4) is 0 Å². The smallest absolute Gasteiger partial charge is 0.408 e. The molecule has 196 valence electrons. The predicted octanol–water partition coefficient (Wildman–Crippen LogP) is 1.86. The maximum Gasteiger partial charge on any atom is 0.408 e. The Bertz CT molecular complexity index is 1360. The van der Waals surface area contributed by atoms with Gasteiger partial charge in [0.1, 0.15) is 25.5 Å². The summed E-state index contributed by atoms with van der Waals surface area (Å²) < 4.78 is 25.7. The van der Waals surface area contributed by atoms with E-state index in [4.69, 9.17) is 15.6 Å². The van der Waals surface area contributed by atoms with Crippen molar-refractivity contribution in [1.29, 1.82) is 0 Å². The van der Waals surface area contributed by atoms with Crippen molar-refractivity contribution < 1.29 is 30.0 Å². The third-order valence-electron chi connectivity index (χ3n) is 5.57. The first-order chi connectivity index (χ1) is 18.2. The van der Waals surface area contributed by atoms with Crippen molar-refractivity contribution in [3.63, 3.8) is 0 Å². The number of nitrogens with zero attached hydrogens (tertiary/aromatic N) is 3. The number of alkyl carbamates (subject to hydrolysis) is 1. The van der Waals surface area contributed by atoms with Crippen LogP contribution in [0.5, 0.6) is 0 Å². The zero-order valence-electron chi connectivity index (χ0n) is 21.3. The Labute approximate surface area is 212 Å². The van der Waals surface area contributed by atoms with Gasteiger partial charge in [-0.2, -0.15) is 4.98 Å². The molecule has 1 aliphatic rings. The molecule has 1 unspecified atom stereocenters. The topological polar surface area (TPSA) is 167 Å². The fourth-order valence-electron chi connectivity index (χ4n) is 3.57. The van der Waals surface area contributed by atoms with Gasteiger partial charge in [0.15, 0.2) is 11.2 Å². The molecule has 3 N–H and O–H groups in total. The van der Waals surface area contributed by atoms with E-state index in [1.165, 1.54) is 10.9 Å². The molecule has 3 atom stereocenters. The highest BCUT2D eigenvalue weighted by Crippen LogP contribution is 2.32. The third-order valence-corrected chi connectivity index (χ3v) is 5.57. The summed E-state index contributed by atoms with van der Waals surface area (Å²) in [6.07, 6.45) is -1.68. The van der Waals surface area contributed by atoms with Crippen LogP contribution in [-0.4, -0.2) is 56.2 Å². The lowest BCUT2D eigenvalue weighted by Gasteiger charge is -2.15. The average molecular weight is 514 g/mol. The summed E-state index contributed by atoms with van der Waals surface area (Å²) in [4.78, 5) is 59.6. The number of fused-ring (bicyclic) bond motifs is 1. The number of hydrogen-bond acceptors (Lipinski definition) is 9. The number of anilines is 1. The predicted molar refractivity (Wildman–Crippen MR) is 130 cm³/mol. The number of ether oxygens (including phenoxy) is 3. The SMILES string of the molecule is [2H]C[C@H]1O[C@@H](n2cnc3c(=O)[nH]c(NC(=O)C(C)C)nc32)CC1OC(=O)NCC(=O)OCc1ccccc1. The molecule has 0 saturated carbocycles. The Balaban J connectivity index is 1.37. The second-order valence-corrected chi connectivity index (χ2v) is 8.69. The van der Waals surface area contributed by atoms with E-state index >= 15 is 0 Å². The summed E-state index contributed by atoms with van der Waals surface area (Å²) in [5.74, 6) is -1.32. The van der Waals surface area contributed by atoms with E-state index in [2.05, 4.69) is 25.6 Å². The molecule has 4 rings (SSSR count). The number of amides is 2. The van der Waals surface area contributed by atoms with Gasteiger partial charge in [-0.15, -0.1) is 0 Å². The molecule has 13 heteroatoms. The summed E-state index contributed by atoms with van der Waals surface area (Å²) in [5.41, 5.74) is 0.463. The van der Waals surface area contributed by atoms with E-state index in [9.17, 15) is 19.2 Å². The van der Waals surface area contributed by atoms with Gasteiger partial charge in [-0.3, -0.25) is 29.3 Å². The standard InChI is InChI=1S/C24H28N6O7/c1-13(2)21(32)28-23-27-20-19(22(33)29-23)26-12-30(20)17-9-16(14(3)36-17)37-24(34)25-10-18(31)35-11-15-7-5-4-6-8-15/h4-8,12-14,16-17H,9-11H2,1-3H3,(H,25,34)(H2,27,28,29,32,33)/t14-,16?,17-/m1/s1/i3D. The summed E-state index contributed by atoms with van der Waals surface area (Å²) in [7, 11) is 0. The molecule has 0 spiro atoms. The van der Waals surface area contributed by atoms with Crippen LogP contribution in [0, 0.1) is 5.92 Å². The first kappa shape index (κ1) is 24.4. The minimum atomic E-state index is -0.863. The molecule has 13 nitrogen and oxygen atoms in total. The van der Waals surface area contributed by atoms with E-state index in [1.807, 2.05) is 30.3 Å². The van der Waals surface area contributed by atoms with Gasteiger partial charge in [-0.25, -0.2) is 9.78 Å². The molecular formula is C24H28N6O7. The van der Waals surface area contributed by atoms with E-state index in [1.54, 1.807) is 13.8 Å². The largest absolute Gasteiger partial charge is 0.460 e. The van der Waals surface area contributed by atoms with Crippen molar-refractivity contribution >= 4 is 35.1 Å². The van der Waals surface area contributed by atoms with E-state index in [0.717, 1.165) is 5.56 Å². The Hall–Kier alpha value is -4.26. The highest BCUT2D eigenvalue weighted by molar-refractivity contribution is 5.91. The molecule has 2 aromatic heterocycles. The molecule has 1 saturated heterocycles. The summed E-state index contributed by atoms with van der Waals surface area (Å²) in [5, 5.41) is 4.89. The third kappa shape index (κ3) is 6.30. The highest BCUT2D eigenvalue weighted by atomic mass is 16.6. The number of aromatic nitrogens is 4. The number of rotatable bonds is 8. The number of carbonyl (C=O) groups excluding carboxylic acids is 3. The van der Waals surface area contributed by atoms with Gasteiger partial charge in [-0.05, 0) is 12.5 Å². The average Bonchev–Trinajstić information content (AvgIpc) is 3.50. The second kappa shape index (κ2) is 11.2. The van der Waals surface area contributed by atoms with Crippen molar-refractivity contribution in [1.82, 2.24) is 24.8 Å². The van der Waals surface area contributed by atoms with Gasteiger partial charge in [0, 0.05) is 13.7 Å². The van der Waals surface area contributed by atoms with Crippen LogP contribution < -0.4 is 16.2 Å². The number of H-pyrrole nitrogens is 1. The second-order valence-electron chi connectivity index (χ2n) is 8.69. The minimum Gasteiger partial charge on any atom is -0.460 e. The lowest BCUT2D eigenvalue weighted by atomic mass is 10.2. The van der Waals surface area contributed by atoms with Crippen LogP contribution in [0.4, 0.5) is 10.7 Å². The summed E-state index contributed by atoms with van der Waals surface area (Å²) >= 11 is 0.